The SMILES string of the molecule is CN(C)c1cccc(Oc2cc(C(=O)O)ccn2)c1. The van der Waals surface area contributed by atoms with Crippen LogP contribution in [0.5, 0.6) is 11.6 Å². The molecule has 0 bridgehead atoms. The van der Waals surface area contributed by atoms with Crippen LogP contribution in [0.2, 0.25) is 0 Å². The van der Waals surface area contributed by atoms with Gasteiger partial charge in [0.2, 0.25) is 5.88 Å². The summed E-state index contributed by atoms with van der Waals surface area (Å²) in [6, 6.07) is 10.3. The number of carboxylic acids is 1. The Kier molecular flexibility index (Phi) is 3.66. The minimum absolute atomic E-state index is 0.147. The molecule has 2 aromatic rings. The quantitative estimate of drug-likeness (QED) is 0.913. The highest BCUT2D eigenvalue weighted by molar-refractivity contribution is 5.87. The van der Waals surface area contributed by atoms with Gasteiger partial charge in [0.1, 0.15) is 5.75 Å². The van der Waals surface area contributed by atoms with Crippen LogP contribution in [0.25, 0.3) is 0 Å². The van der Waals surface area contributed by atoms with Gasteiger partial charge in [-0.2, -0.15) is 0 Å². The zero-order chi connectivity index (χ0) is 13.8. The molecule has 5 nitrogen and oxygen atoms in total. The van der Waals surface area contributed by atoms with E-state index < -0.39 is 5.97 Å². The maximum absolute atomic E-state index is 10.9. The molecule has 0 aliphatic rings. The second-order valence-corrected chi connectivity index (χ2v) is 4.18. The van der Waals surface area contributed by atoms with E-state index in [9.17, 15) is 4.79 Å². The first-order valence-electron chi connectivity index (χ1n) is 5.71. The molecule has 0 saturated carbocycles. The number of hydrogen-bond donors (Lipinski definition) is 1. The van der Waals surface area contributed by atoms with E-state index in [0.29, 0.717) is 5.75 Å². The molecule has 0 amide bonds. The molecular formula is C14H14N2O3. The third-order valence-corrected chi connectivity index (χ3v) is 2.54. The van der Waals surface area contributed by atoms with E-state index in [1.807, 2.05) is 37.2 Å². The maximum Gasteiger partial charge on any atom is 0.335 e. The number of ether oxygens (including phenoxy) is 1. The highest BCUT2D eigenvalue weighted by atomic mass is 16.5. The smallest absolute Gasteiger partial charge is 0.335 e. The van der Waals surface area contributed by atoms with Crippen LogP contribution in [0.15, 0.2) is 42.6 Å². The van der Waals surface area contributed by atoms with Gasteiger partial charge in [-0.25, -0.2) is 9.78 Å². The van der Waals surface area contributed by atoms with Crippen molar-refractivity contribution in [3.05, 3.63) is 48.2 Å². The van der Waals surface area contributed by atoms with E-state index in [4.69, 9.17) is 9.84 Å². The first kappa shape index (κ1) is 12.9. The van der Waals surface area contributed by atoms with Crippen LogP contribution in [0.1, 0.15) is 10.4 Å². The van der Waals surface area contributed by atoms with E-state index >= 15 is 0 Å². The lowest BCUT2D eigenvalue weighted by atomic mass is 10.2. The number of anilines is 1. The van der Waals surface area contributed by atoms with Crippen LogP contribution in [0.3, 0.4) is 0 Å². The van der Waals surface area contributed by atoms with Gasteiger partial charge in [-0.3, -0.25) is 0 Å². The Bertz CT molecular complexity index is 597. The van der Waals surface area contributed by atoms with Crippen LogP contribution in [0, 0.1) is 0 Å². The Labute approximate surface area is 111 Å². The van der Waals surface area contributed by atoms with Crippen molar-refractivity contribution in [1.82, 2.24) is 4.98 Å². The van der Waals surface area contributed by atoms with Gasteiger partial charge >= 0.3 is 5.97 Å². The van der Waals surface area contributed by atoms with Crippen molar-refractivity contribution < 1.29 is 14.6 Å². The lowest BCUT2D eigenvalue weighted by Crippen LogP contribution is -2.08. The average molecular weight is 258 g/mol. The highest BCUT2D eigenvalue weighted by Gasteiger charge is 2.06. The summed E-state index contributed by atoms with van der Waals surface area (Å²) in [4.78, 5) is 16.8. The van der Waals surface area contributed by atoms with E-state index in [1.54, 1.807) is 6.07 Å². The van der Waals surface area contributed by atoms with Crippen molar-refractivity contribution in [3.63, 3.8) is 0 Å². The number of benzene rings is 1. The zero-order valence-corrected chi connectivity index (χ0v) is 10.7. The van der Waals surface area contributed by atoms with Crippen LogP contribution in [-0.4, -0.2) is 30.2 Å². The molecular weight excluding hydrogens is 244 g/mol. The standard InChI is InChI=1S/C14H14N2O3/c1-16(2)11-4-3-5-12(9-11)19-13-8-10(14(17)18)6-7-15-13/h3-9H,1-2H3,(H,17,18). The number of rotatable bonds is 4. The predicted molar refractivity (Wildman–Crippen MR) is 72.0 cm³/mol. The predicted octanol–water partition coefficient (Wildman–Crippen LogP) is 2.64. The Balaban J connectivity index is 2.23. The summed E-state index contributed by atoms with van der Waals surface area (Å²) in [7, 11) is 3.87. The van der Waals surface area contributed by atoms with E-state index in [0.717, 1.165) is 5.69 Å². The zero-order valence-electron chi connectivity index (χ0n) is 10.7. The Morgan fingerprint density at radius 1 is 1.26 bits per heavy atom. The summed E-state index contributed by atoms with van der Waals surface area (Å²) < 4.78 is 5.56. The molecule has 1 heterocycles. The average Bonchev–Trinajstić information content (AvgIpc) is 2.39. The molecule has 0 fully saturated rings. The van der Waals surface area contributed by atoms with Crippen LogP contribution < -0.4 is 9.64 Å². The number of hydrogen-bond acceptors (Lipinski definition) is 4. The highest BCUT2D eigenvalue weighted by Crippen LogP contribution is 2.24. The lowest BCUT2D eigenvalue weighted by Gasteiger charge is -2.13. The number of carboxylic acid groups (broad SMARTS) is 1. The Hall–Kier alpha value is -2.56. The molecule has 0 atom stereocenters. The molecule has 0 radical (unpaired) electrons. The summed E-state index contributed by atoms with van der Waals surface area (Å²) in [6.07, 6.45) is 1.41. The van der Waals surface area contributed by atoms with Crippen molar-refractivity contribution in [1.29, 1.82) is 0 Å². The molecule has 1 aromatic carbocycles. The van der Waals surface area contributed by atoms with E-state index in [2.05, 4.69) is 4.98 Å². The number of pyridine rings is 1. The molecule has 0 saturated heterocycles. The van der Waals surface area contributed by atoms with Crippen molar-refractivity contribution >= 4 is 11.7 Å². The number of carbonyl (C=O) groups is 1. The Morgan fingerprint density at radius 2 is 2.05 bits per heavy atom. The van der Waals surface area contributed by atoms with Gasteiger partial charge in [0.25, 0.3) is 0 Å². The third kappa shape index (κ3) is 3.22. The number of aromatic carboxylic acids is 1. The van der Waals surface area contributed by atoms with Crippen molar-refractivity contribution in [3.8, 4) is 11.6 Å². The lowest BCUT2D eigenvalue weighted by molar-refractivity contribution is 0.0696. The molecule has 0 aliphatic heterocycles. The topological polar surface area (TPSA) is 62.7 Å². The molecule has 5 heteroatoms. The molecule has 19 heavy (non-hydrogen) atoms. The van der Waals surface area contributed by atoms with Crippen LogP contribution in [-0.2, 0) is 0 Å². The van der Waals surface area contributed by atoms with Crippen LogP contribution in [0.4, 0.5) is 5.69 Å². The second kappa shape index (κ2) is 5.39. The molecule has 2 rings (SSSR count). The minimum Gasteiger partial charge on any atom is -0.478 e. The minimum atomic E-state index is -1.01. The van der Waals surface area contributed by atoms with Gasteiger partial charge in [0.05, 0.1) is 5.56 Å². The summed E-state index contributed by atoms with van der Waals surface area (Å²) >= 11 is 0. The van der Waals surface area contributed by atoms with Crippen molar-refractivity contribution in [2.45, 2.75) is 0 Å². The molecule has 0 unspecified atom stereocenters. The van der Waals surface area contributed by atoms with Gasteiger partial charge in [0.15, 0.2) is 0 Å². The maximum atomic E-state index is 10.9. The van der Waals surface area contributed by atoms with E-state index in [-0.39, 0.29) is 11.4 Å². The van der Waals surface area contributed by atoms with Gasteiger partial charge in [-0.15, -0.1) is 0 Å². The molecule has 1 aromatic heterocycles. The summed E-state index contributed by atoms with van der Waals surface area (Å²) in [5.74, 6) is -0.133. The number of nitrogens with zero attached hydrogens (tertiary/aromatic N) is 2. The summed E-state index contributed by atoms with van der Waals surface area (Å²) in [5, 5.41) is 8.90. The second-order valence-electron chi connectivity index (χ2n) is 4.18. The Morgan fingerprint density at radius 3 is 2.74 bits per heavy atom. The fourth-order valence-corrected chi connectivity index (χ4v) is 1.54. The largest absolute Gasteiger partial charge is 0.478 e. The first-order valence-corrected chi connectivity index (χ1v) is 5.71. The fourth-order valence-electron chi connectivity index (χ4n) is 1.54. The monoisotopic (exact) mass is 258 g/mol. The molecule has 0 spiro atoms. The molecule has 98 valence electrons. The first-order chi connectivity index (χ1) is 9.06. The van der Waals surface area contributed by atoms with Gasteiger partial charge in [0, 0.05) is 38.1 Å². The van der Waals surface area contributed by atoms with Crippen molar-refractivity contribution in [2.75, 3.05) is 19.0 Å². The van der Waals surface area contributed by atoms with Gasteiger partial charge < -0.3 is 14.7 Å². The van der Waals surface area contributed by atoms with Gasteiger partial charge in [-0.1, -0.05) is 6.07 Å². The third-order valence-electron chi connectivity index (χ3n) is 2.54. The summed E-state index contributed by atoms with van der Waals surface area (Å²) in [5.41, 5.74) is 1.14. The van der Waals surface area contributed by atoms with Gasteiger partial charge in [-0.05, 0) is 18.2 Å². The normalized spacial score (nSPS) is 10.0. The summed E-state index contributed by atoms with van der Waals surface area (Å²) in [6.45, 7) is 0. The van der Waals surface area contributed by atoms with Crippen molar-refractivity contribution in [2.24, 2.45) is 0 Å². The molecule has 0 aliphatic carbocycles. The van der Waals surface area contributed by atoms with E-state index in [1.165, 1.54) is 18.3 Å². The molecule has 1 N–H and O–H groups in total. The fraction of sp³-hybridized carbons (Fsp3) is 0.143. The number of aromatic nitrogens is 1. The van der Waals surface area contributed by atoms with Crippen LogP contribution >= 0.6 is 0 Å².